The first-order valence-corrected chi connectivity index (χ1v) is 21.6. The first kappa shape index (κ1) is 41.5. The summed E-state index contributed by atoms with van der Waals surface area (Å²) in [6.07, 6.45) is 7.95. The summed E-state index contributed by atoms with van der Waals surface area (Å²) in [5, 5.41) is 5.57. The highest BCUT2D eigenvalue weighted by Gasteiger charge is 2.38. The third-order valence-corrected chi connectivity index (χ3v) is 11.9. The SMILES string of the molecule is CC(C)(C)OC(=O)N1CCC[C@H]1CNCc1cc2ccccc2o1.COc1cc(C(=O)N(Cc2cc3ccccc3o2)C[C@@H]2CCCN2C2CCC2)cc2c1OC(C)(C)O2. The number of amides is 2. The number of nitrogens with one attached hydrogen (secondary N) is 1. The van der Waals surface area contributed by atoms with Gasteiger partial charge in [-0.25, -0.2) is 4.79 Å². The second-order valence-corrected chi connectivity index (χ2v) is 18.0. The highest BCUT2D eigenvalue weighted by atomic mass is 16.7. The van der Waals surface area contributed by atoms with Crippen LogP contribution in [0.3, 0.4) is 0 Å². The zero-order valence-electron chi connectivity index (χ0n) is 36.0. The fraction of sp³-hybridized carbons (Fsp3) is 0.500. The molecule has 4 aliphatic rings. The van der Waals surface area contributed by atoms with E-state index in [1.54, 1.807) is 19.2 Å². The molecule has 320 valence electrons. The molecule has 0 spiro atoms. The summed E-state index contributed by atoms with van der Waals surface area (Å²) in [6.45, 7) is 13.7. The first-order valence-electron chi connectivity index (χ1n) is 21.6. The number of rotatable bonds is 11. The second-order valence-electron chi connectivity index (χ2n) is 18.0. The van der Waals surface area contributed by atoms with Gasteiger partial charge in [-0.3, -0.25) is 9.69 Å². The van der Waals surface area contributed by atoms with Crippen molar-refractivity contribution in [2.45, 2.75) is 122 Å². The van der Waals surface area contributed by atoms with Gasteiger partial charge in [0, 0.05) is 67.9 Å². The van der Waals surface area contributed by atoms with Crippen LogP contribution in [0, 0.1) is 0 Å². The van der Waals surface area contributed by atoms with Gasteiger partial charge in [-0.2, -0.15) is 0 Å². The van der Waals surface area contributed by atoms with E-state index in [9.17, 15) is 9.59 Å². The number of benzene rings is 3. The van der Waals surface area contributed by atoms with E-state index in [1.807, 2.05) is 99.0 Å². The van der Waals surface area contributed by atoms with E-state index < -0.39 is 11.4 Å². The monoisotopic (exact) mass is 820 g/mol. The van der Waals surface area contributed by atoms with Gasteiger partial charge in [0.15, 0.2) is 11.5 Å². The number of hydrogen-bond donors (Lipinski definition) is 1. The van der Waals surface area contributed by atoms with Crippen molar-refractivity contribution >= 4 is 33.9 Å². The van der Waals surface area contributed by atoms with Crippen LogP contribution in [0.1, 0.15) is 101 Å². The van der Waals surface area contributed by atoms with E-state index in [0.717, 1.165) is 72.4 Å². The molecule has 3 aromatic carbocycles. The molecule has 1 N–H and O–H groups in total. The average molecular weight is 821 g/mol. The number of nitrogens with zero attached hydrogens (tertiary/aromatic N) is 3. The maximum atomic E-state index is 14.1. The predicted molar refractivity (Wildman–Crippen MR) is 231 cm³/mol. The number of ether oxygens (including phenoxy) is 4. The van der Waals surface area contributed by atoms with Gasteiger partial charge in [0.2, 0.25) is 11.5 Å². The van der Waals surface area contributed by atoms with Gasteiger partial charge < -0.3 is 42.9 Å². The van der Waals surface area contributed by atoms with Crippen molar-refractivity contribution in [1.82, 2.24) is 20.0 Å². The van der Waals surface area contributed by atoms with Crippen LogP contribution in [0.5, 0.6) is 17.2 Å². The Morgan fingerprint density at radius 1 is 0.833 bits per heavy atom. The Bertz CT molecular complexity index is 2220. The van der Waals surface area contributed by atoms with Crippen LogP contribution in [0.15, 0.2) is 81.6 Å². The summed E-state index contributed by atoms with van der Waals surface area (Å²) in [5.41, 5.74) is 1.82. The number of carbonyl (C=O) groups excluding carboxylic acids is 2. The molecule has 9 rings (SSSR count). The summed E-state index contributed by atoms with van der Waals surface area (Å²) >= 11 is 0. The van der Waals surface area contributed by atoms with Crippen molar-refractivity contribution in [3.05, 3.63) is 89.9 Å². The molecule has 2 aromatic heterocycles. The molecular weight excluding hydrogens is 761 g/mol. The minimum Gasteiger partial charge on any atom is -0.493 e. The van der Waals surface area contributed by atoms with E-state index in [4.69, 9.17) is 27.8 Å². The van der Waals surface area contributed by atoms with Crippen LogP contribution in [-0.2, 0) is 17.8 Å². The lowest BCUT2D eigenvalue weighted by atomic mass is 9.91. The molecule has 0 unspecified atom stereocenters. The van der Waals surface area contributed by atoms with Crippen LogP contribution < -0.4 is 19.5 Å². The van der Waals surface area contributed by atoms with Gasteiger partial charge in [0.25, 0.3) is 5.91 Å². The highest BCUT2D eigenvalue weighted by Crippen LogP contribution is 2.47. The van der Waals surface area contributed by atoms with Crippen LogP contribution in [0.4, 0.5) is 4.79 Å². The Morgan fingerprint density at radius 3 is 2.17 bits per heavy atom. The number of carbonyl (C=O) groups is 2. The molecule has 12 heteroatoms. The number of likely N-dealkylation sites (tertiary alicyclic amines) is 2. The highest BCUT2D eigenvalue weighted by molar-refractivity contribution is 5.96. The van der Waals surface area contributed by atoms with E-state index in [1.165, 1.54) is 25.7 Å². The smallest absolute Gasteiger partial charge is 0.410 e. The third-order valence-electron chi connectivity index (χ3n) is 11.9. The molecular formula is C48H60N4O8. The van der Waals surface area contributed by atoms with Crippen molar-refractivity contribution in [2.24, 2.45) is 0 Å². The Hall–Kier alpha value is -5.20. The number of fused-ring (bicyclic) bond motifs is 3. The molecule has 2 atom stereocenters. The van der Waals surface area contributed by atoms with E-state index in [-0.39, 0.29) is 18.0 Å². The van der Waals surface area contributed by atoms with E-state index in [2.05, 4.69) is 16.3 Å². The molecule has 3 aliphatic heterocycles. The van der Waals surface area contributed by atoms with Crippen molar-refractivity contribution < 1.29 is 37.4 Å². The normalized spacial score (nSPS) is 19.9. The van der Waals surface area contributed by atoms with Crippen molar-refractivity contribution in [1.29, 1.82) is 0 Å². The summed E-state index contributed by atoms with van der Waals surface area (Å²) in [5.74, 6) is 2.40. The Morgan fingerprint density at radius 2 is 1.50 bits per heavy atom. The standard InChI is InChI=1S/C29H34N2O5.C19H26N2O3/c1-29(2)35-26-16-20(15-25(33-3)27(26)36-29)28(32)30(17-22-11-7-13-31(22)21-9-6-10-21)18-23-14-19-8-4-5-12-24(19)34-23;1-19(2,3)24-18(22)21-10-6-8-15(21)12-20-13-16-11-14-7-4-5-9-17(14)23-16/h4-5,8,12,14-16,21-22H,6-7,9-11,13,17-18H2,1-3H3;4-5,7,9,11,15,20H,6,8,10,12-13H2,1-3H3/t22-;15-/m00/s1. The topological polar surface area (TPSA) is 119 Å². The third kappa shape index (κ3) is 9.55. The van der Waals surface area contributed by atoms with Crippen LogP contribution in [-0.4, -0.2) is 89.5 Å². The van der Waals surface area contributed by atoms with Gasteiger partial charge in [-0.05, 0) is 102 Å². The molecule has 2 amide bonds. The maximum Gasteiger partial charge on any atom is 0.410 e. The minimum absolute atomic E-state index is 0.0645. The van der Waals surface area contributed by atoms with Crippen molar-refractivity contribution in [3.8, 4) is 17.2 Å². The second kappa shape index (κ2) is 17.4. The summed E-state index contributed by atoms with van der Waals surface area (Å²) in [7, 11) is 1.58. The lowest BCUT2D eigenvalue weighted by Gasteiger charge is -2.40. The van der Waals surface area contributed by atoms with Gasteiger partial charge in [0.05, 0.1) is 20.2 Å². The molecule has 1 aliphatic carbocycles. The fourth-order valence-electron chi connectivity index (χ4n) is 8.87. The van der Waals surface area contributed by atoms with E-state index in [0.29, 0.717) is 54.5 Å². The van der Waals surface area contributed by atoms with Gasteiger partial charge in [-0.1, -0.05) is 42.8 Å². The van der Waals surface area contributed by atoms with Crippen LogP contribution in [0.25, 0.3) is 21.9 Å². The summed E-state index contributed by atoms with van der Waals surface area (Å²) in [6, 6.07) is 24.8. The fourth-order valence-corrected chi connectivity index (χ4v) is 8.87. The first-order chi connectivity index (χ1) is 28.8. The van der Waals surface area contributed by atoms with Crippen molar-refractivity contribution in [3.63, 3.8) is 0 Å². The molecule has 3 fully saturated rings. The van der Waals surface area contributed by atoms with E-state index >= 15 is 0 Å². The number of hydrogen-bond acceptors (Lipinski definition) is 10. The van der Waals surface area contributed by atoms with Gasteiger partial charge in [0.1, 0.15) is 28.3 Å². The molecule has 1 saturated carbocycles. The quantitative estimate of drug-likeness (QED) is 0.138. The van der Waals surface area contributed by atoms with Gasteiger partial charge >= 0.3 is 6.09 Å². The molecule has 5 aromatic rings. The molecule has 5 heterocycles. The molecule has 12 nitrogen and oxygen atoms in total. The maximum absolute atomic E-state index is 14.1. The van der Waals surface area contributed by atoms with Crippen LogP contribution in [0.2, 0.25) is 0 Å². The zero-order chi connectivity index (χ0) is 42.0. The van der Waals surface area contributed by atoms with Crippen LogP contribution >= 0.6 is 0 Å². The lowest BCUT2D eigenvalue weighted by Crippen LogP contribution is -2.48. The van der Waals surface area contributed by atoms with Gasteiger partial charge in [-0.15, -0.1) is 0 Å². The number of furan rings is 2. The Balaban J connectivity index is 0.000000181. The number of methoxy groups -OCH3 is 1. The summed E-state index contributed by atoms with van der Waals surface area (Å²) in [4.78, 5) is 32.7. The Labute approximate surface area is 353 Å². The summed E-state index contributed by atoms with van der Waals surface area (Å²) < 4.78 is 34.9. The molecule has 0 radical (unpaired) electrons. The Kier molecular flexibility index (Phi) is 12.1. The molecule has 0 bridgehead atoms. The average Bonchev–Trinajstić information content (AvgIpc) is 4.03. The largest absolute Gasteiger partial charge is 0.493 e. The number of para-hydroxylation sites is 2. The van der Waals surface area contributed by atoms with Crippen molar-refractivity contribution in [2.75, 3.05) is 33.3 Å². The lowest BCUT2D eigenvalue weighted by molar-refractivity contribution is -0.0439. The predicted octanol–water partition coefficient (Wildman–Crippen LogP) is 9.53. The molecule has 60 heavy (non-hydrogen) atoms. The minimum atomic E-state index is -0.807. The zero-order valence-corrected chi connectivity index (χ0v) is 36.0. The molecule has 2 saturated heterocycles.